The second kappa shape index (κ2) is 6.48. The van der Waals surface area contributed by atoms with Gasteiger partial charge >= 0.3 is 0 Å². The zero-order chi connectivity index (χ0) is 18.4. The number of piperidine rings is 1. The lowest BCUT2D eigenvalue weighted by molar-refractivity contribution is 0.00591. The molecular weight excluding hydrogens is 418 g/mol. The SMILES string of the molecule is O=C1CC2(CCN(S(=O)(=O)c3ccc(Br)cc3)CC2)Oc2ccccc21. The van der Waals surface area contributed by atoms with Gasteiger partial charge in [-0.25, -0.2) is 8.42 Å². The first-order valence-corrected chi connectivity index (χ1v) is 10.7. The van der Waals surface area contributed by atoms with Crippen molar-refractivity contribution in [2.75, 3.05) is 13.1 Å². The van der Waals surface area contributed by atoms with Crippen LogP contribution in [0.2, 0.25) is 0 Å². The Morgan fingerprint density at radius 2 is 1.65 bits per heavy atom. The van der Waals surface area contributed by atoms with Crippen LogP contribution in [0.25, 0.3) is 0 Å². The highest BCUT2D eigenvalue weighted by Gasteiger charge is 2.44. The molecular formula is C19H18BrNO4S. The summed E-state index contributed by atoms with van der Waals surface area (Å²) in [6.45, 7) is 0.682. The first-order valence-electron chi connectivity index (χ1n) is 8.47. The molecule has 0 N–H and O–H groups in total. The summed E-state index contributed by atoms with van der Waals surface area (Å²) in [5.41, 5.74) is 0.0139. The molecule has 1 fully saturated rings. The fraction of sp³-hybridized carbons (Fsp3) is 0.316. The number of hydrogen-bond donors (Lipinski definition) is 0. The largest absolute Gasteiger partial charge is 0.486 e. The van der Waals surface area contributed by atoms with Crippen molar-refractivity contribution in [2.45, 2.75) is 29.8 Å². The predicted molar refractivity (Wildman–Crippen MR) is 101 cm³/mol. The summed E-state index contributed by atoms with van der Waals surface area (Å²) in [6.07, 6.45) is 1.31. The lowest BCUT2D eigenvalue weighted by atomic mass is 9.83. The molecule has 0 unspecified atom stereocenters. The first-order chi connectivity index (χ1) is 12.4. The van der Waals surface area contributed by atoms with Crippen LogP contribution in [0.4, 0.5) is 0 Å². The molecule has 4 rings (SSSR count). The maximum absolute atomic E-state index is 12.8. The van der Waals surface area contributed by atoms with E-state index in [1.807, 2.05) is 12.1 Å². The summed E-state index contributed by atoms with van der Waals surface area (Å²) in [5, 5.41) is 0. The summed E-state index contributed by atoms with van der Waals surface area (Å²) < 4.78 is 34.2. The molecule has 2 aromatic carbocycles. The fourth-order valence-electron chi connectivity index (χ4n) is 3.61. The average molecular weight is 436 g/mol. The van der Waals surface area contributed by atoms with Crippen LogP contribution in [-0.2, 0) is 10.0 Å². The van der Waals surface area contributed by atoms with Crippen LogP contribution in [0.1, 0.15) is 29.6 Å². The van der Waals surface area contributed by atoms with Crippen LogP contribution in [0, 0.1) is 0 Å². The number of fused-ring (bicyclic) bond motifs is 1. The van der Waals surface area contributed by atoms with E-state index >= 15 is 0 Å². The minimum atomic E-state index is -3.54. The number of sulfonamides is 1. The number of ether oxygens (including phenoxy) is 1. The van der Waals surface area contributed by atoms with Crippen LogP contribution in [0.5, 0.6) is 5.75 Å². The normalized spacial score (nSPS) is 19.8. The van der Waals surface area contributed by atoms with Gasteiger partial charge in [0.1, 0.15) is 11.4 Å². The van der Waals surface area contributed by atoms with Gasteiger partial charge < -0.3 is 4.74 Å². The third-order valence-electron chi connectivity index (χ3n) is 5.08. The lowest BCUT2D eigenvalue weighted by Crippen LogP contribution is -2.52. The topological polar surface area (TPSA) is 63.7 Å². The second-order valence-corrected chi connectivity index (χ2v) is 9.59. The summed E-state index contributed by atoms with van der Waals surface area (Å²) in [5.74, 6) is 0.670. The van der Waals surface area contributed by atoms with Crippen molar-refractivity contribution in [3.8, 4) is 5.75 Å². The van der Waals surface area contributed by atoms with Crippen molar-refractivity contribution in [1.82, 2.24) is 4.31 Å². The van der Waals surface area contributed by atoms with Crippen LogP contribution in [0.15, 0.2) is 57.9 Å². The molecule has 1 saturated heterocycles. The van der Waals surface area contributed by atoms with E-state index < -0.39 is 15.6 Å². The van der Waals surface area contributed by atoms with Gasteiger partial charge in [-0.05, 0) is 36.4 Å². The number of para-hydroxylation sites is 1. The Hall–Kier alpha value is -1.70. The van der Waals surface area contributed by atoms with E-state index in [4.69, 9.17) is 4.74 Å². The number of carbonyl (C=O) groups excluding carboxylic acids is 1. The van der Waals surface area contributed by atoms with Gasteiger partial charge in [-0.2, -0.15) is 4.31 Å². The van der Waals surface area contributed by atoms with E-state index in [9.17, 15) is 13.2 Å². The number of Topliss-reactive ketones (excluding diaryl/α,β-unsaturated/α-hetero) is 1. The number of rotatable bonds is 2. The number of nitrogens with zero attached hydrogens (tertiary/aromatic N) is 1. The van der Waals surface area contributed by atoms with E-state index in [1.54, 1.807) is 36.4 Å². The third kappa shape index (κ3) is 3.08. The van der Waals surface area contributed by atoms with E-state index in [0.29, 0.717) is 43.7 Å². The highest BCUT2D eigenvalue weighted by molar-refractivity contribution is 9.10. The summed E-state index contributed by atoms with van der Waals surface area (Å²) in [6, 6.07) is 13.9. The predicted octanol–water partition coefficient (Wildman–Crippen LogP) is 3.64. The van der Waals surface area contributed by atoms with Gasteiger partial charge in [0.15, 0.2) is 5.78 Å². The van der Waals surface area contributed by atoms with E-state index in [-0.39, 0.29) is 10.7 Å². The Balaban J connectivity index is 1.53. The third-order valence-corrected chi connectivity index (χ3v) is 7.52. The smallest absolute Gasteiger partial charge is 0.243 e. The van der Waals surface area contributed by atoms with Crippen LogP contribution in [0.3, 0.4) is 0 Å². The van der Waals surface area contributed by atoms with Crippen molar-refractivity contribution >= 4 is 31.7 Å². The number of ketones is 1. The van der Waals surface area contributed by atoms with Crippen molar-refractivity contribution in [1.29, 1.82) is 0 Å². The molecule has 26 heavy (non-hydrogen) atoms. The Morgan fingerprint density at radius 3 is 2.35 bits per heavy atom. The van der Waals surface area contributed by atoms with E-state index in [2.05, 4.69) is 15.9 Å². The average Bonchev–Trinajstić information content (AvgIpc) is 2.62. The van der Waals surface area contributed by atoms with Crippen LogP contribution >= 0.6 is 15.9 Å². The molecule has 2 heterocycles. The molecule has 136 valence electrons. The molecule has 2 aliphatic rings. The minimum Gasteiger partial charge on any atom is -0.486 e. The second-order valence-electron chi connectivity index (χ2n) is 6.74. The number of carbonyl (C=O) groups is 1. The maximum Gasteiger partial charge on any atom is 0.243 e. The quantitative estimate of drug-likeness (QED) is 0.721. The number of benzene rings is 2. The molecule has 0 aliphatic carbocycles. The zero-order valence-corrected chi connectivity index (χ0v) is 16.4. The van der Waals surface area contributed by atoms with Gasteiger partial charge in [0.05, 0.1) is 16.9 Å². The van der Waals surface area contributed by atoms with Crippen molar-refractivity contribution < 1.29 is 17.9 Å². The van der Waals surface area contributed by atoms with E-state index in [1.165, 1.54) is 4.31 Å². The minimum absolute atomic E-state index is 0.0658. The molecule has 0 radical (unpaired) electrons. The van der Waals surface area contributed by atoms with Gasteiger partial charge in [-0.1, -0.05) is 28.1 Å². The molecule has 0 bridgehead atoms. The molecule has 2 aromatic rings. The highest BCUT2D eigenvalue weighted by atomic mass is 79.9. The zero-order valence-electron chi connectivity index (χ0n) is 14.0. The van der Waals surface area contributed by atoms with Crippen LogP contribution in [-0.4, -0.2) is 37.2 Å². The number of hydrogen-bond acceptors (Lipinski definition) is 4. The Morgan fingerprint density at radius 1 is 1.00 bits per heavy atom. The molecule has 0 amide bonds. The van der Waals surface area contributed by atoms with Crippen LogP contribution < -0.4 is 4.74 Å². The molecule has 5 nitrogen and oxygen atoms in total. The van der Waals surface area contributed by atoms with Gasteiger partial charge in [-0.15, -0.1) is 0 Å². The molecule has 7 heteroatoms. The summed E-state index contributed by atoms with van der Waals surface area (Å²) in [7, 11) is -3.54. The van der Waals surface area contributed by atoms with Gasteiger partial charge in [0.25, 0.3) is 0 Å². The Kier molecular flexibility index (Phi) is 4.41. The van der Waals surface area contributed by atoms with E-state index in [0.717, 1.165) is 4.47 Å². The molecule has 2 aliphatic heterocycles. The summed E-state index contributed by atoms with van der Waals surface area (Å²) in [4.78, 5) is 12.8. The molecule has 1 spiro atoms. The number of halogens is 1. The Labute approximate surface area is 161 Å². The van der Waals surface area contributed by atoms with Gasteiger partial charge in [0.2, 0.25) is 10.0 Å². The Bertz CT molecular complexity index is 948. The first kappa shape index (κ1) is 17.7. The molecule has 0 atom stereocenters. The monoisotopic (exact) mass is 435 g/mol. The molecule has 0 saturated carbocycles. The maximum atomic E-state index is 12.8. The van der Waals surface area contributed by atoms with Gasteiger partial charge in [-0.3, -0.25) is 4.79 Å². The lowest BCUT2D eigenvalue weighted by Gasteiger charge is -2.43. The van der Waals surface area contributed by atoms with Gasteiger partial charge in [0, 0.05) is 30.4 Å². The van der Waals surface area contributed by atoms with Crippen molar-refractivity contribution in [3.05, 3.63) is 58.6 Å². The van der Waals surface area contributed by atoms with Crippen molar-refractivity contribution in [3.63, 3.8) is 0 Å². The van der Waals surface area contributed by atoms with Crippen molar-refractivity contribution in [2.24, 2.45) is 0 Å². The fourth-order valence-corrected chi connectivity index (χ4v) is 5.32. The summed E-state index contributed by atoms with van der Waals surface area (Å²) >= 11 is 3.32. The highest BCUT2D eigenvalue weighted by Crippen LogP contribution is 2.40. The standard InChI is InChI=1S/C19H18BrNO4S/c20-14-5-7-15(8-6-14)26(23,24)21-11-9-19(10-12-21)13-17(22)16-3-1-2-4-18(16)25-19/h1-8H,9-13H2. The molecule has 0 aromatic heterocycles.